The monoisotopic (exact) mass is 563 g/mol. The number of halogens is 1. The van der Waals surface area contributed by atoms with E-state index in [9.17, 15) is 0 Å². The van der Waals surface area contributed by atoms with Crippen molar-refractivity contribution in [2.24, 2.45) is 0 Å². The molecule has 0 radical (unpaired) electrons. The molecule has 0 amide bonds. The van der Waals surface area contributed by atoms with Crippen LogP contribution in [0.5, 0.6) is 0 Å². The van der Waals surface area contributed by atoms with Gasteiger partial charge in [-0.2, -0.15) is 0 Å². The molecule has 0 saturated carbocycles. The molecule has 6 aromatic carbocycles. The second-order valence-electron chi connectivity index (χ2n) is 9.95. The average Bonchev–Trinajstić information content (AvgIpc) is 3.52. The molecule has 2 nitrogen and oxygen atoms in total. The number of hydrogen-bond acceptors (Lipinski definition) is 1. The topological polar surface area (TPSA) is 18.1 Å². The highest BCUT2D eigenvalue weighted by molar-refractivity contribution is 9.10. The maximum absolute atomic E-state index is 6.26. The van der Waals surface area contributed by atoms with Crippen LogP contribution in [-0.4, -0.2) is 4.57 Å². The summed E-state index contributed by atoms with van der Waals surface area (Å²) in [5.41, 5.74) is 10.0. The van der Waals surface area contributed by atoms with Gasteiger partial charge in [-0.3, -0.25) is 0 Å². The fourth-order valence-corrected chi connectivity index (χ4v) is 6.23. The fourth-order valence-electron chi connectivity index (χ4n) is 5.83. The van der Waals surface area contributed by atoms with Gasteiger partial charge in [-0.25, -0.2) is 0 Å². The Labute approximate surface area is 233 Å². The third kappa shape index (κ3) is 3.62. The number of furan rings is 1. The van der Waals surface area contributed by atoms with Crippen molar-refractivity contribution < 1.29 is 4.42 Å². The Hall–Kier alpha value is -4.60. The number of aromatic nitrogens is 1. The van der Waals surface area contributed by atoms with Crippen molar-refractivity contribution in [2.75, 3.05) is 0 Å². The van der Waals surface area contributed by atoms with Crippen LogP contribution < -0.4 is 0 Å². The number of fused-ring (bicyclic) bond motifs is 6. The largest absolute Gasteiger partial charge is 0.456 e. The Balaban J connectivity index is 1.34. The first-order valence-corrected chi connectivity index (χ1v) is 13.8. The van der Waals surface area contributed by atoms with E-state index in [4.69, 9.17) is 4.42 Å². The second kappa shape index (κ2) is 8.72. The summed E-state index contributed by atoms with van der Waals surface area (Å²) in [6.07, 6.45) is 0. The molecule has 184 valence electrons. The van der Waals surface area contributed by atoms with Crippen LogP contribution in [0, 0.1) is 0 Å². The van der Waals surface area contributed by atoms with Crippen molar-refractivity contribution in [3.63, 3.8) is 0 Å². The van der Waals surface area contributed by atoms with E-state index in [2.05, 4.69) is 142 Å². The smallest absolute Gasteiger partial charge is 0.137 e. The lowest BCUT2D eigenvalue weighted by molar-refractivity contribution is 0.668. The quantitative estimate of drug-likeness (QED) is 0.209. The highest BCUT2D eigenvalue weighted by Crippen LogP contribution is 2.37. The molecule has 0 saturated heterocycles. The summed E-state index contributed by atoms with van der Waals surface area (Å²) in [7, 11) is 0. The molecule has 0 atom stereocenters. The molecule has 2 aromatic heterocycles. The lowest BCUT2D eigenvalue weighted by Crippen LogP contribution is -1.93. The van der Waals surface area contributed by atoms with Gasteiger partial charge in [-0.1, -0.05) is 94.8 Å². The fraction of sp³-hybridized carbons (Fsp3) is 0. The van der Waals surface area contributed by atoms with Gasteiger partial charge in [-0.05, 0) is 70.8 Å². The van der Waals surface area contributed by atoms with Crippen molar-refractivity contribution >= 4 is 59.7 Å². The molecule has 8 rings (SSSR count). The minimum Gasteiger partial charge on any atom is -0.456 e. The summed E-state index contributed by atoms with van der Waals surface area (Å²) in [5, 5.41) is 4.77. The third-order valence-electron chi connectivity index (χ3n) is 7.65. The van der Waals surface area contributed by atoms with Crippen LogP contribution >= 0.6 is 15.9 Å². The maximum atomic E-state index is 6.26. The number of nitrogens with zero attached hydrogens (tertiary/aromatic N) is 1. The summed E-state index contributed by atoms with van der Waals surface area (Å²) in [6, 6.07) is 47.5. The molecule has 39 heavy (non-hydrogen) atoms. The van der Waals surface area contributed by atoms with Gasteiger partial charge in [0.2, 0.25) is 0 Å². The Bertz CT molecular complexity index is 2200. The van der Waals surface area contributed by atoms with Crippen LogP contribution in [-0.2, 0) is 0 Å². The van der Waals surface area contributed by atoms with Gasteiger partial charge >= 0.3 is 0 Å². The van der Waals surface area contributed by atoms with Gasteiger partial charge in [0.05, 0.1) is 11.0 Å². The van der Waals surface area contributed by atoms with E-state index in [-0.39, 0.29) is 0 Å². The van der Waals surface area contributed by atoms with Gasteiger partial charge in [-0.15, -0.1) is 0 Å². The van der Waals surface area contributed by atoms with Gasteiger partial charge in [0.1, 0.15) is 11.2 Å². The summed E-state index contributed by atoms with van der Waals surface area (Å²) in [6.45, 7) is 0. The van der Waals surface area contributed by atoms with Crippen molar-refractivity contribution in [3.8, 4) is 27.9 Å². The third-order valence-corrected chi connectivity index (χ3v) is 8.14. The van der Waals surface area contributed by atoms with E-state index in [0.29, 0.717) is 0 Å². The summed E-state index contributed by atoms with van der Waals surface area (Å²) < 4.78 is 9.70. The SMILES string of the molecule is Brc1cccc(-c2cccc(-c3ccc4c5ccccc5n(-c5ccc6c(c5)oc5ccccc56)c4c3)c2)c1. The zero-order valence-corrected chi connectivity index (χ0v) is 22.5. The van der Waals surface area contributed by atoms with Crippen molar-refractivity contribution in [2.45, 2.75) is 0 Å². The molecule has 0 spiro atoms. The Morgan fingerprint density at radius 1 is 0.436 bits per heavy atom. The van der Waals surface area contributed by atoms with Crippen molar-refractivity contribution in [3.05, 3.63) is 138 Å². The molecule has 2 heterocycles. The molecule has 0 N–H and O–H groups in total. The Morgan fingerprint density at radius 3 is 1.92 bits per heavy atom. The average molecular weight is 564 g/mol. The van der Waals surface area contributed by atoms with Crippen LogP contribution in [0.1, 0.15) is 0 Å². The molecule has 8 aromatic rings. The zero-order valence-electron chi connectivity index (χ0n) is 20.9. The predicted octanol–water partition coefficient (Wildman–Crippen LogP) is 10.8. The van der Waals surface area contributed by atoms with Crippen molar-refractivity contribution in [1.82, 2.24) is 4.57 Å². The van der Waals surface area contributed by atoms with Gasteiger partial charge in [0.25, 0.3) is 0 Å². The van der Waals surface area contributed by atoms with E-state index >= 15 is 0 Å². The number of rotatable bonds is 3. The van der Waals surface area contributed by atoms with Gasteiger partial charge < -0.3 is 8.98 Å². The predicted molar refractivity (Wildman–Crippen MR) is 167 cm³/mol. The van der Waals surface area contributed by atoms with Crippen LogP contribution in [0.2, 0.25) is 0 Å². The Morgan fingerprint density at radius 2 is 1.08 bits per heavy atom. The standard InChI is InChI=1S/C36H22BrNO/c37-27-10-6-9-25(20-27)23-7-5-8-24(19-23)26-15-17-30-29-11-1-3-13-33(29)38(34(30)21-26)28-16-18-32-31-12-2-4-14-35(31)39-36(32)22-28/h1-22H. The van der Waals surface area contributed by atoms with Gasteiger partial charge in [0.15, 0.2) is 0 Å². The molecule has 3 heteroatoms. The highest BCUT2D eigenvalue weighted by Gasteiger charge is 2.15. The number of hydrogen-bond donors (Lipinski definition) is 0. The van der Waals surface area contributed by atoms with Crippen LogP contribution in [0.4, 0.5) is 0 Å². The number of para-hydroxylation sites is 2. The highest BCUT2D eigenvalue weighted by atomic mass is 79.9. The number of benzene rings is 6. The summed E-state index contributed by atoms with van der Waals surface area (Å²) in [5.74, 6) is 0. The molecule has 0 bridgehead atoms. The normalized spacial score (nSPS) is 11.7. The van der Waals surface area contributed by atoms with Crippen LogP contribution in [0.25, 0.3) is 71.7 Å². The summed E-state index contributed by atoms with van der Waals surface area (Å²) >= 11 is 3.61. The van der Waals surface area contributed by atoms with Crippen LogP contribution in [0.3, 0.4) is 0 Å². The lowest BCUT2D eigenvalue weighted by atomic mass is 9.98. The molecule has 0 fully saturated rings. The first-order chi connectivity index (χ1) is 19.2. The minimum atomic E-state index is 0.900. The molecule has 0 unspecified atom stereocenters. The first kappa shape index (κ1) is 22.4. The molecule has 0 aliphatic rings. The maximum Gasteiger partial charge on any atom is 0.137 e. The van der Waals surface area contributed by atoms with E-state index in [1.54, 1.807) is 0 Å². The molecular formula is C36H22BrNO. The van der Waals surface area contributed by atoms with E-state index in [1.807, 2.05) is 12.1 Å². The van der Waals surface area contributed by atoms with E-state index in [1.165, 1.54) is 44.1 Å². The zero-order chi connectivity index (χ0) is 25.9. The van der Waals surface area contributed by atoms with E-state index < -0.39 is 0 Å². The van der Waals surface area contributed by atoms with Crippen LogP contribution in [0.15, 0.2) is 142 Å². The molecular weight excluding hydrogens is 542 g/mol. The van der Waals surface area contributed by atoms with Crippen molar-refractivity contribution in [1.29, 1.82) is 0 Å². The Kier molecular flexibility index (Phi) is 5.01. The first-order valence-electron chi connectivity index (χ1n) is 13.0. The summed E-state index contributed by atoms with van der Waals surface area (Å²) in [4.78, 5) is 0. The lowest BCUT2D eigenvalue weighted by Gasteiger charge is -2.10. The minimum absolute atomic E-state index is 0.900. The van der Waals surface area contributed by atoms with E-state index in [0.717, 1.165) is 32.1 Å². The molecule has 0 aliphatic carbocycles. The van der Waals surface area contributed by atoms with Gasteiger partial charge in [0, 0.05) is 37.8 Å². The molecule has 0 aliphatic heterocycles. The second-order valence-corrected chi connectivity index (χ2v) is 10.9.